The molecule has 4 N–H and O–H groups in total. The molecule has 1 aromatic carbocycles. The van der Waals surface area contributed by atoms with Gasteiger partial charge in [-0.2, -0.15) is 0 Å². The molecule has 1 heterocycles. The number of nitrogens with one attached hydrogen (secondary N) is 1. The van der Waals surface area contributed by atoms with Gasteiger partial charge in [0.25, 0.3) is 0 Å². The number of hydrogen-bond acceptors (Lipinski definition) is 5. The van der Waals surface area contributed by atoms with Crippen molar-refractivity contribution in [1.29, 1.82) is 0 Å². The van der Waals surface area contributed by atoms with Crippen LogP contribution in [0.3, 0.4) is 0 Å². The number of likely N-dealkylation sites (N-methyl/N-ethyl adjacent to an activating group) is 1. The minimum Gasteiger partial charge on any atom is -0.409 e. The maximum Gasteiger partial charge on any atom is 0.491 e. The number of oxime groups is 1. The van der Waals surface area contributed by atoms with E-state index in [1.165, 1.54) is 0 Å². The van der Waals surface area contributed by atoms with Gasteiger partial charge >= 0.3 is 7.12 Å². The summed E-state index contributed by atoms with van der Waals surface area (Å²) >= 11 is 0. The molecule has 1 aromatic rings. The molecular weight excluding hydrogens is 305 g/mol. The molecule has 0 amide bonds. The van der Waals surface area contributed by atoms with Gasteiger partial charge in [0.15, 0.2) is 5.84 Å². The van der Waals surface area contributed by atoms with Crippen molar-refractivity contribution < 1.29 is 14.5 Å². The summed E-state index contributed by atoms with van der Waals surface area (Å²) in [6.45, 7) is 8.80. The predicted octanol–water partition coefficient (Wildman–Crippen LogP) is 2.02. The summed E-state index contributed by atoms with van der Waals surface area (Å²) in [4.78, 5) is 0. The average Bonchev–Trinajstić information content (AvgIpc) is 2.75. The second-order valence-electron chi connectivity index (χ2n) is 6.95. The maximum atomic E-state index is 8.72. The molecule has 24 heavy (non-hydrogen) atoms. The molecule has 6 nitrogen and oxygen atoms in total. The quantitative estimate of drug-likeness (QED) is 0.253. The van der Waals surface area contributed by atoms with Crippen LogP contribution in [0, 0.1) is 0 Å². The van der Waals surface area contributed by atoms with Gasteiger partial charge in [0.2, 0.25) is 0 Å². The van der Waals surface area contributed by atoms with Gasteiger partial charge in [-0.25, -0.2) is 0 Å². The molecule has 0 atom stereocenters. The second-order valence-corrected chi connectivity index (χ2v) is 6.95. The van der Waals surface area contributed by atoms with Crippen molar-refractivity contribution in [2.45, 2.75) is 38.9 Å². The minimum atomic E-state index is -0.397. The fourth-order valence-corrected chi connectivity index (χ4v) is 2.42. The lowest BCUT2D eigenvalue weighted by Crippen LogP contribution is -2.41. The van der Waals surface area contributed by atoms with E-state index < -0.39 is 7.12 Å². The third kappa shape index (κ3) is 3.80. The van der Waals surface area contributed by atoms with Gasteiger partial charge in [-0.1, -0.05) is 35.5 Å². The number of amidine groups is 1. The third-order valence-corrected chi connectivity index (χ3v) is 4.60. The Bertz CT molecular complexity index is 623. The lowest BCUT2D eigenvalue weighted by molar-refractivity contribution is 0.00578. The molecule has 0 radical (unpaired) electrons. The average molecular weight is 331 g/mol. The van der Waals surface area contributed by atoms with E-state index in [1.807, 2.05) is 65.1 Å². The highest BCUT2D eigenvalue weighted by atomic mass is 16.7. The highest BCUT2D eigenvalue weighted by Gasteiger charge is 2.52. The van der Waals surface area contributed by atoms with E-state index in [2.05, 4.69) is 10.5 Å². The van der Waals surface area contributed by atoms with Gasteiger partial charge in [0.1, 0.15) is 0 Å². The highest BCUT2D eigenvalue weighted by molar-refractivity contribution is 6.55. The Hall–Kier alpha value is -1.83. The van der Waals surface area contributed by atoms with Gasteiger partial charge in [0.05, 0.1) is 11.2 Å². The van der Waals surface area contributed by atoms with E-state index in [1.54, 1.807) is 0 Å². The number of benzene rings is 1. The normalized spacial score (nSPS) is 20.5. The van der Waals surface area contributed by atoms with Crippen molar-refractivity contribution in [3.8, 4) is 0 Å². The van der Waals surface area contributed by atoms with Crippen LogP contribution >= 0.6 is 0 Å². The summed E-state index contributed by atoms with van der Waals surface area (Å²) in [6.07, 6.45) is 2.04. The number of nitrogens with two attached hydrogens (primary N) is 1. The zero-order valence-electron chi connectivity index (χ0n) is 15.0. The molecule has 0 aromatic heterocycles. The zero-order valence-corrected chi connectivity index (χ0v) is 15.0. The molecule has 1 fully saturated rings. The van der Waals surface area contributed by atoms with Gasteiger partial charge < -0.3 is 25.6 Å². The first-order valence-electron chi connectivity index (χ1n) is 7.99. The van der Waals surface area contributed by atoms with Crippen LogP contribution in [0.15, 0.2) is 34.9 Å². The Balaban J connectivity index is 2.26. The maximum absolute atomic E-state index is 8.72. The topological polar surface area (TPSA) is 89.1 Å². The molecule has 0 unspecified atom stereocenters. The Morgan fingerprint density at radius 2 is 1.75 bits per heavy atom. The van der Waals surface area contributed by atoms with Gasteiger partial charge in [-0.15, -0.1) is 0 Å². The van der Waals surface area contributed by atoms with Gasteiger partial charge in [-0.05, 0) is 45.8 Å². The van der Waals surface area contributed by atoms with E-state index in [0.717, 1.165) is 11.0 Å². The molecule has 0 aliphatic carbocycles. The minimum absolute atomic E-state index is 0.0898. The summed E-state index contributed by atoms with van der Waals surface area (Å²) in [7, 11) is 1.49. The van der Waals surface area contributed by atoms with Gasteiger partial charge in [0, 0.05) is 12.1 Å². The molecule has 0 spiro atoms. The summed E-state index contributed by atoms with van der Waals surface area (Å²) in [5.74, 6) is 0.0898. The first-order chi connectivity index (χ1) is 11.2. The van der Waals surface area contributed by atoms with Gasteiger partial charge in [-0.3, -0.25) is 0 Å². The smallest absolute Gasteiger partial charge is 0.409 e. The van der Waals surface area contributed by atoms with Crippen molar-refractivity contribution in [3.05, 3.63) is 40.9 Å². The lowest BCUT2D eigenvalue weighted by atomic mass is 9.77. The van der Waals surface area contributed by atoms with Crippen molar-refractivity contribution in [1.82, 2.24) is 5.32 Å². The molecular formula is C17H26BN3O3. The molecule has 0 saturated carbocycles. The fraction of sp³-hybridized carbons (Fsp3) is 0.471. The van der Waals surface area contributed by atoms with E-state index in [-0.39, 0.29) is 17.0 Å². The monoisotopic (exact) mass is 331 g/mol. The standard InChI is InChI=1S/C17H26BN3O3/c1-16(2)17(3,4)24-18(23-16)14(11-20-5)10-12-6-8-13(9-7-12)15(19)21-22/h6-10,20,22H,11H2,1-5H3,(H2,19,21). The Morgan fingerprint density at radius 1 is 1.21 bits per heavy atom. The van der Waals surface area contributed by atoms with Crippen LogP contribution in [0.5, 0.6) is 0 Å². The highest BCUT2D eigenvalue weighted by Crippen LogP contribution is 2.38. The van der Waals surface area contributed by atoms with Crippen molar-refractivity contribution >= 4 is 19.0 Å². The Morgan fingerprint density at radius 3 is 2.21 bits per heavy atom. The molecule has 1 aliphatic heterocycles. The van der Waals surface area contributed by atoms with Crippen molar-refractivity contribution in [2.75, 3.05) is 13.6 Å². The van der Waals surface area contributed by atoms with Crippen LogP contribution in [0.25, 0.3) is 6.08 Å². The van der Waals surface area contributed by atoms with Crippen LogP contribution in [0.1, 0.15) is 38.8 Å². The third-order valence-electron chi connectivity index (χ3n) is 4.60. The predicted molar refractivity (Wildman–Crippen MR) is 96.9 cm³/mol. The number of nitrogens with zero attached hydrogens (tertiary/aromatic N) is 1. The van der Waals surface area contributed by atoms with E-state index in [9.17, 15) is 0 Å². The van der Waals surface area contributed by atoms with E-state index in [4.69, 9.17) is 20.2 Å². The Labute approximate surface area is 143 Å². The first-order valence-corrected chi connectivity index (χ1v) is 7.99. The molecule has 0 bridgehead atoms. The summed E-state index contributed by atoms with van der Waals surface area (Å²) in [5.41, 5.74) is 7.50. The molecule has 1 saturated heterocycles. The van der Waals surface area contributed by atoms with E-state index >= 15 is 0 Å². The number of rotatable bonds is 5. The molecule has 130 valence electrons. The molecule has 7 heteroatoms. The van der Waals surface area contributed by atoms with Crippen LogP contribution in [0.2, 0.25) is 0 Å². The zero-order chi connectivity index (χ0) is 18.0. The van der Waals surface area contributed by atoms with Crippen LogP contribution in [-0.2, 0) is 9.31 Å². The second kappa shape index (κ2) is 6.97. The van der Waals surface area contributed by atoms with Crippen LogP contribution in [-0.4, -0.2) is 43.0 Å². The fourth-order valence-electron chi connectivity index (χ4n) is 2.42. The number of hydrogen-bond donors (Lipinski definition) is 3. The Kier molecular flexibility index (Phi) is 5.37. The SMILES string of the molecule is CNCC(=Cc1ccc(C(N)=NO)cc1)B1OC(C)(C)C(C)(C)O1. The van der Waals surface area contributed by atoms with Crippen molar-refractivity contribution in [2.24, 2.45) is 10.9 Å². The first kappa shape index (κ1) is 18.5. The summed E-state index contributed by atoms with van der Waals surface area (Å²) in [6, 6.07) is 7.44. The van der Waals surface area contributed by atoms with Crippen LogP contribution < -0.4 is 11.1 Å². The van der Waals surface area contributed by atoms with Crippen molar-refractivity contribution in [3.63, 3.8) is 0 Å². The molecule has 1 aliphatic rings. The lowest BCUT2D eigenvalue weighted by Gasteiger charge is -2.32. The summed E-state index contributed by atoms with van der Waals surface area (Å²) in [5, 5.41) is 14.9. The van der Waals surface area contributed by atoms with E-state index in [0.29, 0.717) is 12.1 Å². The summed E-state index contributed by atoms with van der Waals surface area (Å²) < 4.78 is 12.3. The molecule has 2 rings (SSSR count). The largest absolute Gasteiger partial charge is 0.491 e. The van der Waals surface area contributed by atoms with Crippen LogP contribution in [0.4, 0.5) is 0 Å².